The molecule has 2 aromatic rings. The normalized spacial score (nSPS) is 25.1. The first kappa shape index (κ1) is 10.6. The minimum absolute atomic E-state index is 0.634. The minimum Gasteiger partial charge on any atom is -0.357 e. The molecular weight excluding hydrogens is 220 g/mol. The van der Waals surface area contributed by atoms with Gasteiger partial charge in [-0.3, -0.25) is 4.90 Å². The van der Waals surface area contributed by atoms with Crippen LogP contribution >= 0.6 is 0 Å². The van der Waals surface area contributed by atoms with E-state index in [2.05, 4.69) is 41.2 Å². The third-order valence-corrected chi connectivity index (χ3v) is 4.93. The second kappa shape index (κ2) is 3.86. The van der Waals surface area contributed by atoms with Crippen molar-refractivity contribution >= 4 is 10.9 Å². The lowest BCUT2D eigenvalue weighted by Crippen LogP contribution is -2.38. The van der Waals surface area contributed by atoms with Crippen molar-refractivity contribution < 1.29 is 0 Å². The van der Waals surface area contributed by atoms with Gasteiger partial charge in [0.2, 0.25) is 0 Å². The van der Waals surface area contributed by atoms with Gasteiger partial charge in [0.05, 0.1) is 6.04 Å². The van der Waals surface area contributed by atoms with Gasteiger partial charge in [-0.05, 0) is 43.9 Å². The fraction of sp³-hybridized carbons (Fsp3) is 0.500. The van der Waals surface area contributed by atoms with Crippen molar-refractivity contribution in [1.29, 1.82) is 0 Å². The zero-order valence-electron chi connectivity index (χ0n) is 10.9. The number of benzene rings is 1. The van der Waals surface area contributed by atoms with Crippen LogP contribution in [0.25, 0.3) is 10.9 Å². The Morgan fingerprint density at radius 1 is 1.22 bits per heavy atom. The van der Waals surface area contributed by atoms with Crippen LogP contribution in [0.15, 0.2) is 24.3 Å². The van der Waals surface area contributed by atoms with Crippen LogP contribution in [0.1, 0.15) is 36.6 Å². The fourth-order valence-corrected chi connectivity index (χ4v) is 3.74. The van der Waals surface area contributed by atoms with Gasteiger partial charge in [0.25, 0.3) is 0 Å². The largest absolute Gasteiger partial charge is 0.357 e. The van der Waals surface area contributed by atoms with E-state index >= 15 is 0 Å². The van der Waals surface area contributed by atoms with Crippen LogP contribution in [0, 0.1) is 5.92 Å². The summed E-state index contributed by atoms with van der Waals surface area (Å²) < 4.78 is 0. The average molecular weight is 240 g/mol. The van der Waals surface area contributed by atoms with Crippen molar-refractivity contribution in [2.45, 2.75) is 31.7 Å². The van der Waals surface area contributed by atoms with Gasteiger partial charge >= 0.3 is 0 Å². The lowest BCUT2D eigenvalue weighted by atomic mass is 9.76. The Bertz CT molecular complexity index is 580. The van der Waals surface area contributed by atoms with E-state index in [1.54, 1.807) is 5.56 Å². The maximum Gasteiger partial charge on any atom is 0.0527 e. The van der Waals surface area contributed by atoms with Gasteiger partial charge < -0.3 is 4.98 Å². The quantitative estimate of drug-likeness (QED) is 0.808. The van der Waals surface area contributed by atoms with Crippen LogP contribution in [-0.2, 0) is 6.42 Å². The lowest BCUT2D eigenvalue weighted by molar-refractivity contribution is 0.108. The summed E-state index contributed by atoms with van der Waals surface area (Å²) in [4.78, 5) is 6.26. The molecule has 1 N–H and O–H groups in total. The predicted molar refractivity (Wildman–Crippen MR) is 74.7 cm³/mol. The van der Waals surface area contributed by atoms with Crippen molar-refractivity contribution in [3.05, 3.63) is 35.5 Å². The molecule has 1 unspecified atom stereocenters. The monoisotopic (exact) mass is 240 g/mol. The van der Waals surface area contributed by atoms with E-state index in [0.29, 0.717) is 6.04 Å². The summed E-state index contributed by atoms with van der Waals surface area (Å²) in [5.41, 5.74) is 4.41. The zero-order chi connectivity index (χ0) is 12.1. The molecule has 1 aliphatic carbocycles. The Morgan fingerprint density at radius 2 is 2.06 bits per heavy atom. The molecule has 94 valence electrons. The van der Waals surface area contributed by atoms with Crippen LogP contribution in [0.4, 0.5) is 0 Å². The molecule has 0 spiro atoms. The van der Waals surface area contributed by atoms with Crippen molar-refractivity contribution in [3.63, 3.8) is 0 Å². The first-order valence-electron chi connectivity index (χ1n) is 7.14. The first-order valence-corrected chi connectivity index (χ1v) is 7.14. The molecule has 0 amide bonds. The van der Waals surface area contributed by atoms with Gasteiger partial charge in [-0.15, -0.1) is 0 Å². The van der Waals surface area contributed by atoms with E-state index in [4.69, 9.17) is 0 Å². The average Bonchev–Trinajstić information content (AvgIpc) is 2.69. The highest BCUT2D eigenvalue weighted by atomic mass is 15.2. The standard InChI is InChI=1S/C16H20N2/c1-18-10-9-13-12-7-2-3-8-14(12)17-15(13)16(18)11-5-4-6-11/h2-3,7-8,11,16-17H,4-6,9-10H2,1H3. The molecule has 1 aromatic carbocycles. The van der Waals surface area contributed by atoms with E-state index in [1.807, 2.05) is 0 Å². The summed E-state index contributed by atoms with van der Waals surface area (Å²) in [6.07, 6.45) is 5.43. The number of para-hydroxylation sites is 1. The summed E-state index contributed by atoms with van der Waals surface area (Å²) >= 11 is 0. The van der Waals surface area contributed by atoms with E-state index in [1.165, 1.54) is 48.8 Å². The number of fused-ring (bicyclic) bond motifs is 3. The Hall–Kier alpha value is -1.28. The molecule has 18 heavy (non-hydrogen) atoms. The number of rotatable bonds is 1. The molecule has 1 aromatic heterocycles. The van der Waals surface area contributed by atoms with E-state index in [-0.39, 0.29) is 0 Å². The van der Waals surface area contributed by atoms with Gasteiger partial charge in [-0.2, -0.15) is 0 Å². The smallest absolute Gasteiger partial charge is 0.0527 e. The van der Waals surface area contributed by atoms with Gasteiger partial charge in [0, 0.05) is 23.1 Å². The van der Waals surface area contributed by atoms with Crippen LogP contribution in [0.3, 0.4) is 0 Å². The van der Waals surface area contributed by atoms with Crippen molar-refractivity contribution in [2.24, 2.45) is 5.92 Å². The number of likely N-dealkylation sites (N-methyl/N-ethyl adjacent to an activating group) is 1. The van der Waals surface area contributed by atoms with Crippen LogP contribution in [0.5, 0.6) is 0 Å². The fourth-order valence-electron chi connectivity index (χ4n) is 3.74. The minimum atomic E-state index is 0.634. The molecule has 0 radical (unpaired) electrons. The van der Waals surface area contributed by atoms with Gasteiger partial charge in [-0.1, -0.05) is 24.6 Å². The lowest BCUT2D eigenvalue weighted by Gasteiger charge is -2.42. The number of nitrogens with one attached hydrogen (secondary N) is 1. The van der Waals surface area contributed by atoms with E-state index < -0.39 is 0 Å². The number of hydrogen-bond acceptors (Lipinski definition) is 1. The Morgan fingerprint density at radius 3 is 2.83 bits per heavy atom. The molecule has 2 aliphatic rings. The molecule has 1 saturated carbocycles. The van der Waals surface area contributed by atoms with Crippen molar-refractivity contribution in [2.75, 3.05) is 13.6 Å². The third-order valence-electron chi connectivity index (χ3n) is 4.93. The molecule has 1 fully saturated rings. The number of aromatic amines is 1. The highest BCUT2D eigenvalue weighted by Crippen LogP contribution is 2.44. The van der Waals surface area contributed by atoms with Gasteiger partial charge in [0.15, 0.2) is 0 Å². The van der Waals surface area contributed by atoms with Gasteiger partial charge in [0.1, 0.15) is 0 Å². The second-order valence-electron chi connectivity index (χ2n) is 5.93. The molecule has 2 heteroatoms. The van der Waals surface area contributed by atoms with E-state index in [9.17, 15) is 0 Å². The van der Waals surface area contributed by atoms with Crippen LogP contribution in [-0.4, -0.2) is 23.5 Å². The number of nitrogens with zero attached hydrogens (tertiary/aromatic N) is 1. The highest BCUT2D eigenvalue weighted by molar-refractivity contribution is 5.85. The second-order valence-corrected chi connectivity index (χ2v) is 5.93. The molecule has 2 heterocycles. The number of aromatic nitrogens is 1. The maximum absolute atomic E-state index is 3.70. The molecule has 1 atom stereocenters. The highest BCUT2D eigenvalue weighted by Gasteiger charge is 2.36. The summed E-state index contributed by atoms with van der Waals surface area (Å²) in [7, 11) is 2.29. The molecule has 0 bridgehead atoms. The Labute approximate surface area is 108 Å². The van der Waals surface area contributed by atoms with Crippen molar-refractivity contribution in [1.82, 2.24) is 9.88 Å². The maximum atomic E-state index is 3.70. The summed E-state index contributed by atoms with van der Waals surface area (Å²) in [6, 6.07) is 9.41. The summed E-state index contributed by atoms with van der Waals surface area (Å²) in [5, 5.41) is 1.45. The van der Waals surface area contributed by atoms with Crippen molar-refractivity contribution in [3.8, 4) is 0 Å². The Balaban J connectivity index is 1.88. The topological polar surface area (TPSA) is 19.0 Å². The number of hydrogen-bond donors (Lipinski definition) is 1. The van der Waals surface area contributed by atoms with Gasteiger partial charge in [-0.25, -0.2) is 0 Å². The molecule has 2 nitrogen and oxygen atoms in total. The SMILES string of the molecule is CN1CCc2c([nH]c3ccccc23)C1C1CCC1. The zero-order valence-corrected chi connectivity index (χ0v) is 10.9. The molecule has 1 aliphatic heterocycles. The summed E-state index contributed by atoms with van der Waals surface area (Å²) in [6.45, 7) is 1.20. The third kappa shape index (κ3) is 1.39. The Kier molecular flexibility index (Phi) is 2.28. The molecular formula is C16H20N2. The first-order chi connectivity index (χ1) is 8.84. The van der Waals surface area contributed by atoms with Crippen LogP contribution in [0.2, 0.25) is 0 Å². The molecule has 4 rings (SSSR count). The number of H-pyrrole nitrogens is 1. The molecule has 0 saturated heterocycles. The van der Waals surface area contributed by atoms with Crippen LogP contribution < -0.4 is 0 Å². The predicted octanol–water partition coefficient (Wildman–Crippen LogP) is 3.50. The van der Waals surface area contributed by atoms with E-state index in [0.717, 1.165) is 5.92 Å². The summed E-state index contributed by atoms with van der Waals surface area (Å²) in [5.74, 6) is 0.877.